The molecule has 0 aliphatic carbocycles. The molecule has 1 fully saturated rings. The molecule has 3 heterocycles. The van der Waals surface area contributed by atoms with Gasteiger partial charge in [0.1, 0.15) is 18.2 Å². The Hall–Kier alpha value is -2.51. The Morgan fingerprint density at radius 2 is 2.04 bits per heavy atom. The standard InChI is InChI=1S/C16H22N6O2/c1-11-6-7-15(23)21(18-11)10-16(24)20-8-4-5-14(9-20)22-13(3)17-12(2)19-22/h6-7,14H,4-5,8-10H2,1-3H3/t14-/m1/s1. The largest absolute Gasteiger partial charge is 0.339 e. The third-order valence-electron chi connectivity index (χ3n) is 4.29. The van der Waals surface area contributed by atoms with Crippen molar-refractivity contribution in [3.8, 4) is 0 Å². The summed E-state index contributed by atoms with van der Waals surface area (Å²) in [6.45, 7) is 6.85. The molecular weight excluding hydrogens is 308 g/mol. The lowest BCUT2D eigenvalue weighted by molar-refractivity contribution is -0.133. The van der Waals surface area contributed by atoms with Crippen molar-refractivity contribution in [2.75, 3.05) is 13.1 Å². The Bertz CT molecular complexity index is 809. The number of piperidine rings is 1. The Morgan fingerprint density at radius 1 is 1.25 bits per heavy atom. The minimum Gasteiger partial charge on any atom is -0.339 e. The molecule has 0 saturated carbocycles. The highest BCUT2D eigenvalue weighted by Gasteiger charge is 2.26. The summed E-state index contributed by atoms with van der Waals surface area (Å²) in [6, 6.07) is 3.22. The first kappa shape index (κ1) is 16.4. The van der Waals surface area contributed by atoms with Crippen LogP contribution < -0.4 is 5.56 Å². The normalized spacial score (nSPS) is 18.0. The number of hydrogen-bond acceptors (Lipinski definition) is 5. The molecule has 0 unspecified atom stereocenters. The number of aromatic nitrogens is 5. The average molecular weight is 330 g/mol. The van der Waals surface area contributed by atoms with Crippen LogP contribution in [-0.2, 0) is 11.3 Å². The average Bonchev–Trinajstić information content (AvgIpc) is 2.89. The fraction of sp³-hybridized carbons (Fsp3) is 0.562. The lowest BCUT2D eigenvalue weighted by Crippen LogP contribution is -2.44. The number of aryl methyl sites for hydroxylation is 3. The molecule has 0 spiro atoms. The van der Waals surface area contributed by atoms with Crippen molar-refractivity contribution in [3.05, 3.63) is 39.8 Å². The van der Waals surface area contributed by atoms with E-state index in [0.29, 0.717) is 18.8 Å². The molecule has 0 aromatic carbocycles. The molecular formula is C16H22N6O2. The van der Waals surface area contributed by atoms with E-state index in [1.165, 1.54) is 10.7 Å². The van der Waals surface area contributed by atoms with Crippen LogP contribution in [0.5, 0.6) is 0 Å². The highest BCUT2D eigenvalue weighted by molar-refractivity contribution is 5.76. The molecule has 2 aromatic rings. The summed E-state index contributed by atoms with van der Waals surface area (Å²) in [5.41, 5.74) is 0.456. The monoisotopic (exact) mass is 330 g/mol. The van der Waals surface area contributed by atoms with Crippen LogP contribution in [-0.4, -0.2) is 48.4 Å². The first-order valence-corrected chi connectivity index (χ1v) is 8.16. The van der Waals surface area contributed by atoms with Crippen LogP contribution in [0.3, 0.4) is 0 Å². The Kier molecular flexibility index (Phi) is 4.46. The third-order valence-corrected chi connectivity index (χ3v) is 4.29. The first-order chi connectivity index (χ1) is 11.4. The van der Waals surface area contributed by atoms with Gasteiger partial charge < -0.3 is 4.90 Å². The summed E-state index contributed by atoms with van der Waals surface area (Å²) in [6.07, 6.45) is 1.88. The van der Waals surface area contributed by atoms with Crippen molar-refractivity contribution in [2.45, 2.75) is 46.2 Å². The van der Waals surface area contributed by atoms with Gasteiger partial charge >= 0.3 is 0 Å². The second-order valence-electron chi connectivity index (χ2n) is 6.26. The molecule has 1 aliphatic heterocycles. The molecule has 3 rings (SSSR count). The lowest BCUT2D eigenvalue weighted by atomic mass is 10.1. The number of carbonyl (C=O) groups is 1. The molecule has 0 radical (unpaired) electrons. The van der Waals surface area contributed by atoms with Gasteiger partial charge in [-0.1, -0.05) is 0 Å². The lowest BCUT2D eigenvalue weighted by Gasteiger charge is -2.33. The van der Waals surface area contributed by atoms with Gasteiger partial charge in [-0.25, -0.2) is 14.3 Å². The van der Waals surface area contributed by atoms with E-state index in [2.05, 4.69) is 15.2 Å². The summed E-state index contributed by atoms with van der Waals surface area (Å²) in [7, 11) is 0. The van der Waals surface area contributed by atoms with Crippen LogP contribution in [0.2, 0.25) is 0 Å². The van der Waals surface area contributed by atoms with Gasteiger partial charge in [0.15, 0.2) is 0 Å². The topological polar surface area (TPSA) is 85.9 Å². The van der Waals surface area contributed by atoms with Gasteiger partial charge in [0.2, 0.25) is 5.91 Å². The molecule has 0 bridgehead atoms. The molecule has 1 amide bonds. The minimum absolute atomic E-state index is 0.0252. The SMILES string of the molecule is Cc1ccc(=O)n(CC(=O)N2CCC[C@@H](n3nc(C)nc3C)C2)n1. The van der Waals surface area contributed by atoms with Gasteiger partial charge in [-0.05, 0) is 39.7 Å². The van der Waals surface area contributed by atoms with E-state index in [4.69, 9.17) is 0 Å². The Balaban J connectivity index is 1.72. The van der Waals surface area contributed by atoms with Crippen LogP contribution >= 0.6 is 0 Å². The molecule has 8 nitrogen and oxygen atoms in total. The zero-order valence-electron chi connectivity index (χ0n) is 14.3. The Labute approximate surface area is 140 Å². The number of likely N-dealkylation sites (tertiary alicyclic amines) is 1. The molecule has 0 N–H and O–H groups in total. The third kappa shape index (κ3) is 3.37. The maximum absolute atomic E-state index is 12.6. The number of rotatable bonds is 3. The summed E-state index contributed by atoms with van der Waals surface area (Å²) >= 11 is 0. The molecule has 1 aliphatic rings. The van der Waals surface area contributed by atoms with Gasteiger partial charge in [-0.15, -0.1) is 0 Å². The summed E-state index contributed by atoms with van der Waals surface area (Å²) in [5.74, 6) is 1.52. The second-order valence-corrected chi connectivity index (χ2v) is 6.26. The first-order valence-electron chi connectivity index (χ1n) is 8.16. The van der Waals surface area contributed by atoms with Crippen molar-refractivity contribution in [3.63, 3.8) is 0 Å². The second kappa shape index (κ2) is 6.54. The summed E-state index contributed by atoms with van der Waals surface area (Å²) in [5, 5.41) is 8.57. The fourth-order valence-corrected chi connectivity index (χ4v) is 3.16. The van der Waals surface area contributed by atoms with Crippen LogP contribution in [0, 0.1) is 20.8 Å². The maximum Gasteiger partial charge on any atom is 0.267 e. The van der Waals surface area contributed by atoms with Crippen LogP contribution in [0.15, 0.2) is 16.9 Å². The quantitative estimate of drug-likeness (QED) is 0.824. The van der Waals surface area contributed by atoms with Gasteiger partial charge in [0.05, 0.1) is 11.7 Å². The zero-order valence-corrected chi connectivity index (χ0v) is 14.3. The van der Waals surface area contributed by atoms with E-state index in [-0.39, 0.29) is 24.1 Å². The van der Waals surface area contributed by atoms with Crippen LogP contribution in [0.4, 0.5) is 0 Å². The number of hydrogen-bond donors (Lipinski definition) is 0. The molecule has 1 saturated heterocycles. The molecule has 8 heteroatoms. The van der Waals surface area contributed by atoms with Crippen molar-refractivity contribution >= 4 is 5.91 Å². The smallest absolute Gasteiger partial charge is 0.267 e. The summed E-state index contributed by atoms with van der Waals surface area (Å²) in [4.78, 5) is 30.5. The predicted molar refractivity (Wildman–Crippen MR) is 87.6 cm³/mol. The highest BCUT2D eigenvalue weighted by Crippen LogP contribution is 2.22. The maximum atomic E-state index is 12.6. The minimum atomic E-state index is -0.259. The van der Waals surface area contributed by atoms with Gasteiger partial charge in [0, 0.05) is 19.2 Å². The Morgan fingerprint density at radius 3 is 2.75 bits per heavy atom. The van der Waals surface area contributed by atoms with E-state index < -0.39 is 0 Å². The van der Waals surface area contributed by atoms with E-state index in [9.17, 15) is 9.59 Å². The molecule has 24 heavy (non-hydrogen) atoms. The van der Waals surface area contributed by atoms with Crippen molar-refractivity contribution in [1.82, 2.24) is 29.4 Å². The van der Waals surface area contributed by atoms with E-state index in [0.717, 1.165) is 24.5 Å². The number of nitrogens with zero attached hydrogens (tertiary/aromatic N) is 6. The highest BCUT2D eigenvalue weighted by atomic mass is 16.2. The molecule has 1 atom stereocenters. The van der Waals surface area contributed by atoms with E-state index >= 15 is 0 Å². The van der Waals surface area contributed by atoms with Crippen LogP contribution in [0.25, 0.3) is 0 Å². The van der Waals surface area contributed by atoms with Gasteiger partial charge in [-0.3, -0.25) is 9.59 Å². The van der Waals surface area contributed by atoms with E-state index in [1.54, 1.807) is 17.9 Å². The van der Waals surface area contributed by atoms with E-state index in [1.807, 2.05) is 18.5 Å². The summed E-state index contributed by atoms with van der Waals surface area (Å²) < 4.78 is 3.14. The predicted octanol–water partition coefficient (Wildman–Crippen LogP) is 0.624. The van der Waals surface area contributed by atoms with Crippen LogP contribution in [0.1, 0.15) is 36.2 Å². The number of carbonyl (C=O) groups excluding carboxylic acids is 1. The zero-order chi connectivity index (χ0) is 17.3. The van der Waals surface area contributed by atoms with Crippen molar-refractivity contribution in [1.29, 1.82) is 0 Å². The van der Waals surface area contributed by atoms with Gasteiger partial charge in [-0.2, -0.15) is 10.2 Å². The fourth-order valence-electron chi connectivity index (χ4n) is 3.16. The van der Waals surface area contributed by atoms with Gasteiger partial charge in [0.25, 0.3) is 5.56 Å². The van der Waals surface area contributed by atoms with Crippen molar-refractivity contribution < 1.29 is 4.79 Å². The molecule has 128 valence electrons. The molecule has 2 aromatic heterocycles. The number of amides is 1. The van der Waals surface area contributed by atoms with Crippen molar-refractivity contribution in [2.24, 2.45) is 0 Å².